The van der Waals surface area contributed by atoms with Gasteiger partial charge in [0.2, 0.25) is 0 Å². The average Bonchev–Trinajstić information content (AvgIpc) is 2.81. The third kappa shape index (κ3) is 2.77. The van der Waals surface area contributed by atoms with Crippen molar-refractivity contribution in [1.29, 1.82) is 0 Å². The molecule has 0 atom stereocenters. The second-order valence-electron chi connectivity index (χ2n) is 5.25. The highest BCUT2D eigenvalue weighted by molar-refractivity contribution is 6.03. The Bertz CT molecular complexity index is 521. The molecule has 1 amide bonds. The zero-order valence-corrected chi connectivity index (χ0v) is 10.8. The fourth-order valence-corrected chi connectivity index (χ4v) is 1.64. The zero-order chi connectivity index (χ0) is 13.2. The summed E-state index contributed by atoms with van der Waals surface area (Å²) in [5.41, 5.74) is 1.94. The maximum absolute atomic E-state index is 11.9. The van der Waals surface area contributed by atoms with E-state index < -0.39 is 0 Å². The number of nitrogens with zero attached hydrogens (tertiary/aromatic N) is 1. The molecule has 2 aromatic rings. The monoisotopic (exact) mass is 243 g/mol. The summed E-state index contributed by atoms with van der Waals surface area (Å²) in [5.74, 6) is 0.458. The fourth-order valence-electron chi connectivity index (χ4n) is 1.64. The van der Waals surface area contributed by atoms with Crippen LogP contribution in [0.4, 0.5) is 5.82 Å². The molecule has 0 aliphatic carbocycles. The second kappa shape index (κ2) is 4.64. The van der Waals surface area contributed by atoms with Crippen molar-refractivity contribution in [2.24, 2.45) is 0 Å². The molecule has 1 aromatic carbocycles. The molecule has 0 spiro atoms. The van der Waals surface area contributed by atoms with E-state index in [0.717, 1.165) is 0 Å². The molecule has 0 bridgehead atoms. The molecule has 1 heterocycles. The van der Waals surface area contributed by atoms with Crippen molar-refractivity contribution in [3.8, 4) is 0 Å². The smallest absolute Gasteiger partial charge is 0.256 e. The Morgan fingerprint density at radius 3 is 2.33 bits per heavy atom. The topological polar surface area (TPSA) is 57.8 Å². The maximum atomic E-state index is 11.9. The number of carbonyl (C=O) groups is 1. The van der Waals surface area contributed by atoms with E-state index >= 15 is 0 Å². The SMILES string of the molecule is CC(C)(C)c1ccc(C(=O)Nc2ccn[nH]2)cc1. The molecule has 2 rings (SSSR count). The molecule has 94 valence electrons. The molecule has 0 saturated carbocycles. The number of benzene rings is 1. The Morgan fingerprint density at radius 2 is 1.83 bits per heavy atom. The van der Waals surface area contributed by atoms with Crippen molar-refractivity contribution in [3.05, 3.63) is 47.7 Å². The highest BCUT2D eigenvalue weighted by Crippen LogP contribution is 2.22. The first-order valence-corrected chi connectivity index (χ1v) is 5.88. The summed E-state index contributed by atoms with van der Waals surface area (Å²) >= 11 is 0. The van der Waals surface area contributed by atoms with Crippen molar-refractivity contribution in [2.45, 2.75) is 26.2 Å². The van der Waals surface area contributed by atoms with Crippen LogP contribution in [0.3, 0.4) is 0 Å². The molecule has 1 aromatic heterocycles. The molecule has 0 fully saturated rings. The Balaban J connectivity index is 2.12. The van der Waals surface area contributed by atoms with Gasteiger partial charge in [0, 0.05) is 11.6 Å². The molecule has 0 unspecified atom stereocenters. The van der Waals surface area contributed by atoms with Crippen molar-refractivity contribution in [1.82, 2.24) is 10.2 Å². The number of nitrogens with one attached hydrogen (secondary N) is 2. The number of hydrogen-bond donors (Lipinski definition) is 2. The molecular weight excluding hydrogens is 226 g/mol. The van der Waals surface area contributed by atoms with E-state index in [1.54, 1.807) is 12.3 Å². The van der Waals surface area contributed by atoms with Crippen LogP contribution in [0.15, 0.2) is 36.5 Å². The Labute approximate surface area is 106 Å². The van der Waals surface area contributed by atoms with Crippen LogP contribution in [0.1, 0.15) is 36.7 Å². The van der Waals surface area contributed by atoms with E-state index in [0.29, 0.717) is 11.4 Å². The highest BCUT2D eigenvalue weighted by atomic mass is 16.1. The van der Waals surface area contributed by atoms with Gasteiger partial charge in [0.25, 0.3) is 5.91 Å². The van der Waals surface area contributed by atoms with Gasteiger partial charge in [0.1, 0.15) is 5.82 Å². The van der Waals surface area contributed by atoms with Crippen LogP contribution in [0, 0.1) is 0 Å². The van der Waals surface area contributed by atoms with Crippen molar-refractivity contribution in [2.75, 3.05) is 5.32 Å². The number of amides is 1. The summed E-state index contributed by atoms with van der Waals surface area (Å²) in [7, 11) is 0. The minimum Gasteiger partial charge on any atom is -0.307 e. The number of hydrogen-bond acceptors (Lipinski definition) is 2. The van der Waals surface area contributed by atoms with Gasteiger partial charge in [-0.05, 0) is 23.1 Å². The molecule has 2 N–H and O–H groups in total. The summed E-state index contributed by atoms with van der Waals surface area (Å²) in [6, 6.07) is 9.36. The predicted molar refractivity (Wildman–Crippen MR) is 71.7 cm³/mol. The maximum Gasteiger partial charge on any atom is 0.256 e. The number of aromatic amines is 1. The fraction of sp³-hybridized carbons (Fsp3) is 0.286. The van der Waals surface area contributed by atoms with Crippen LogP contribution in [-0.2, 0) is 5.41 Å². The summed E-state index contributed by atoms with van der Waals surface area (Å²) in [6.07, 6.45) is 1.60. The van der Waals surface area contributed by atoms with Gasteiger partial charge in [0.15, 0.2) is 0 Å². The lowest BCUT2D eigenvalue weighted by Crippen LogP contribution is -2.14. The third-order valence-electron chi connectivity index (χ3n) is 2.76. The average molecular weight is 243 g/mol. The van der Waals surface area contributed by atoms with Crippen LogP contribution in [-0.4, -0.2) is 16.1 Å². The number of aromatic nitrogens is 2. The van der Waals surface area contributed by atoms with Gasteiger partial charge in [-0.2, -0.15) is 5.10 Å². The largest absolute Gasteiger partial charge is 0.307 e. The summed E-state index contributed by atoms with van der Waals surface area (Å²) < 4.78 is 0. The lowest BCUT2D eigenvalue weighted by atomic mass is 9.87. The van der Waals surface area contributed by atoms with Crippen LogP contribution in [0.2, 0.25) is 0 Å². The first kappa shape index (κ1) is 12.4. The summed E-state index contributed by atoms with van der Waals surface area (Å²) in [4.78, 5) is 11.9. The number of H-pyrrole nitrogens is 1. The van der Waals surface area contributed by atoms with Gasteiger partial charge >= 0.3 is 0 Å². The van der Waals surface area contributed by atoms with Gasteiger partial charge in [-0.15, -0.1) is 0 Å². The first-order valence-electron chi connectivity index (χ1n) is 5.88. The number of carbonyl (C=O) groups excluding carboxylic acids is 1. The van der Waals surface area contributed by atoms with E-state index in [1.165, 1.54) is 5.56 Å². The summed E-state index contributed by atoms with van der Waals surface area (Å²) in [6.45, 7) is 6.44. The van der Waals surface area contributed by atoms with Crippen LogP contribution < -0.4 is 5.32 Å². The molecule has 0 saturated heterocycles. The van der Waals surface area contributed by atoms with E-state index in [1.807, 2.05) is 24.3 Å². The van der Waals surface area contributed by atoms with Crippen LogP contribution in [0.25, 0.3) is 0 Å². The molecule has 0 aliphatic rings. The molecule has 0 aliphatic heterocycles. The number of rotatable bonds is 2. The van der Waals surface area contributed by atoms with Crippen LogP contribution in [0.5, 0.6) is 0 Å². The lowest BCUT2D eigenvalue weighted by molar-refractivity contribution is 0.102. The third-order valence-corrected chi connectivity index (χ3v) is 2.76. The zero-order valence-electron chi connectivity index (χ0n) is 10.8. The Morgan fingerprint density at radius 1 is 1.17 bits per heavy atom. The minimum atomic E-state index is -0.139. The van der Waals surface area contributed by atoms with E-state index in [4.69, 9.17) is 0 Å². The standard InChI is InChI=1S/C14H17N3O/c1-14(2,3)11-6-4-10(5-7-11)13(18)16-12-8-9-15-17-12/h4-9H,1-3H3,(H2,15,16,17,18). The van der Waals surface area contributed by atoms with E-state index in [9.17, 15) is 4.79 Å². The first-order chi connectivity index (χ1) is 8.47. The molecular formula is C14H17N3O. The Hall–Kier alpha value is -2.10. The predicted octanol–water partition coefficient (Wildman–Crippen LogP) is 2.96. The van der Waals surface area contributed by atoms with Gasteiger partial charge in [-0.25, -0.2) is 0 Å². The van der Waals surface area contributed by atoms with Gasteiger partial charge < -0.3 is 5.32 Å². The van der Waals surface area contributed by atoms with Crippen molar-refractivity contribution >= 4 is 11.7 Å². The molecule has 18 heavy (non-hydrogen) atoms. The molecule has 4 nitrogen and oxygen atoms in total. The quantitative estimate of drug-likeness (QED) is 0.852. The normalized spacial score (nSPS) is 11.3. The lowest BCUT2D eigenvalue weighted by Gasteiger charge is -2.18. The second-order valence-corrected chi connectivity index (χ2v) is 5.25. The van der Waals surface area contributed by atoms with Crippen molar-refractivity contribution < 1.29 is 4.79 Å². The number of anilines is 1. The molecule has 4 heteroatoms. The van der Waals surface area contributed by atoms with Gasteiger partial charge in [0.05, 0.1) is 6.20 Å². The Kier molecular flexibility index (Phi) is 3.19. The van der Waals surface area contributed by atoms with Crippen LogP contribution >= 0.6 is 0 Å². The van der Waals surface area contributed by atoms with E-state index in [-0.39, 0.29) is 11.3 Å². The van der Waals surface area contributed by atoms with Gasteiger partial charge in [-0.3, -0.25) is 9.89 Å². The van der Waals surface area contributed by atoms with Gasteiger partial charge in [-0.1, -0.05) is 32.9 Å². The highest BCUT2D eigenvalue weighted by Gasteiger charge is 2.14. The minimum absolute atomic E-state index is 0.0956. The molecule has 0 radical (unpaired) electrons. The van der Waals surface area contributed by atoms with Crippen molar-refractivity contribution in [3.63, 3.8) is 0 Å². The summed E-state index contributed by atoms with van der Waals surface area (Å²) in [5, 5.41) is 9.21. The van der Waals surface area contributed by atoms with E-state index in [2.05, 4.69) is 36.3 Å².